The lowest BCUT2D eigenvalue weighted by Gasteiger charge is -2.25. The summed E-state index contributed by atoms with van der Waals surface area (Å²) in [4.78, 5) is 52.3. The molecular formula is C26H20N4O4. The normalized spacial score (nSPS) is 13.1. The van der Waals surface area contributed by atoms with Gasteiger partial charge in [-0.25, -0.2) is 0 Å². The third kappa shape index (κ3) is 4.69. The summed E-state index contributed by atoms with van der Waals surface area (Å²) in [6.45, 7) is 0. The molecule has 0 saturated carbocycles. The number of hydrogen-bond acceptors (Lipinski definition) is 5. The van der Waals surface area contributed by atoms with Crippen molar-refractivity contribution in [2.75, 3.05) is 10.6 Å². The van der Waals surface area contributed by atoms with Gasteiger partial charge >= 0.3 is 0 Å². The monoisotopic (exact) mass is 452 g/mol. The third-order valence-corrected chi connectivity index (χ3v) is 5.37. The zero-order chi connectivity index (χ0) is 24.1. The van der Waals surface area contributed by atoms with Crippen LogP contribution in [-0.4, -0.2) is 34.6 Å². The van der Waals surface area contributed by atoms with Gasteiger partial charge in [-0.1, -0.05) is 48.5 Å². The summed E-state index contributed by atoms with van der Waals surface area (Å²) in [5.74, 6) is -2.05. The summed E-state index contributed by atoms with van der Waals surface area (Å²) in [7, 11) is 0. The highest BCUT2D eigenvalue weighted by Gasteiger charge is 2.42. The fraction of sp³-hybridized carbons (Fsp3) is 0.115. The predicted molar refractivity (Wildman–Crippen MR) is 125 cm³/mol. The second-order valence-corrected chi connectivity index (χ2v) is 7.68. The van der Waals surface area contributed by atoms with E-state index in [4.69, 9.17) is 5.26 Å². The molecule has 1 heterocycles. The van der Waals surface area contributed by atoms with E-state index in [1.165, 1.54) is 6.07 Å². The minimum absolute atomic E-state index is 0.136. The van der Waals surface area contributed by atoms with Gasteiger partial charge in [0, 0.05) is 17.8 Å². The largest absolute Gasteiger partial charge is 0.325 e. The van der Waals surface area contributed by atoms with Gasteiger partial charge in [-0.3, -0.25) is 24.1 Å². The number of nitriles is 1. The molecule has 1 atom stereocenters. The number of rotatable bonds is 7. The molecule has 1 aliphatic rings. The highest BCUT2D eigenvalue weighted by Crippen LogP contribution is 2.27. The average Bonchev–Trinajstić information content (AvgIpc) is 3.08. The molecule has 1 unspecified atom stereocenters. The Morgan fingerprint density at radius 3 is 2.03 bits per heavy atom. The van der Waals surface area contributed by atoms with E-state index in [0.717, 1.165) is 10.5 Å². The van der Waals surface area contributed by atoms with Crippen LogP contribution in [0.4, 0.5) is 11.4 Å². The minimum atomic E-state index is -1.09. The maximum atomic E-state index is 13.4. The lowest BCUT2D eigenvalue weighted by molar-refractivity contribution is -0.120. The molecule has 3 aromatic carbocycles. The van der Waals surface area contributed by atoms with Crippen molar-refractivity contribution in [2.24, 2.45) is 0 Å². The van der Waals surface area contributed by atoms with Crippen molar-refractivity contribution in [3.8, 4) is 6.07 Å². The second kappa shape index (κ2) is 9.79. The summed E-state index contributed by atoms with van der Waals surface area (Å²) >= 11 is 0. The van der Waals surface area contributed by atoms with E-state index >= 15 is 0 Å². The molecule has 0 radical (unpaired) electrons. The standard InChI is InChI=1S/C26H20N4O4/c27-14-13-23(31)28-18-9-6-10-19(16-18)29-24(32)22(15-17-7-2-1-3-8-17)30-25(33)20-11-4-5-12-21(20)26(30)34/h1-12,16,22H,13,15H2,(H,28,31)(H,29,32). The first-order valence-electron chi connectivity index (χ1n) is 10.6. The fourth-order valence-corrected chi connectivity index (χ4v) is 3.81. The molecule has 0 aromatic heterocycles. The number of carbonyl (C=O) groups excluding carboxylic acids is 4. The van der Waals surface area contributed by atoms with E-state index in [1.807, 2.05) is 30.3 Å². The summed E-state index contributed by atoms with van der Waals surface area (Å²) in [6.07, 6.45) is -0.160. The van der Waals surface area contributed by atoms with E-state index in [2.05, 4.69) is 10.6 Å². The van der Waals surface area contributed by atoms with Crippen LogP contribution in [0.1, 0.15) is 32.7 Å². The van der Waals surface area contributed by atoms with Crippen LogP contribution < -0.4 is 10.6 Å². The van der Waals surface area contributed by atoms with E-state index in [0.29, 0.717) is 11.4 Å². The molecule has 8 nitrogen and oxygen atoms in total. The van der Waals surface area contributed by atoms with Gasteiger partial charge in [0.25, 0.3) is 11.8 Å². The molecule has 168 valence electrons. The first kappa shape index (κ1) is 22.4. The van der Waals surface area contributed by atoms with Gasteiger partial charge in [-0.2, -0.15) is 5.26 Å². The van der Waals surface area contributed by atoms with Crippen LogP contribution in [0.5, 0.6) is 0 Å². The molecule has 2 N–H and O–H groups in total. The van der Waals surface area contributed by atoms with Gasteiger partial charge in [0.05, 0.1) is 17.2 Å². The zero-order valence-electron chi connectivity index (χ0n) is 18.0. The number of hydrogen-bond donors (Lipinski definition) is 2. The smallest absolute Gasteiger partial charge is 0.262 e. The van der Waals surface area contributed by atoms with Gasteiger partial charge in [-0.15, -0.1) is 0 Å². The topological polar surface area (TPSA) is 119 Å². The molecule has 0 fully saturated rings. The Morgan fingerprint density at radius 2 is 1.41 bits per heavy atom. The number of anilines is 2. The molecule has 0 aliphatic carbocycles. The van der Waals surface area contributed by atoms with E-state index in [9.17, 15) is 19.2 Å². The molecule has 4 rings (SSSR count). The molecule has 0 bridgehead atoms. The van der Waals surface area contributed by atoms with Gasteiger partial charge in [0.2, 0.25) is 11.8 Å². The first-order valence-corrected chi connectivity index (χ1v) is 10.6. The number of carbonyl (C=O) groups is 4. The molecule has 4 amide bonds. The second-order valence-electron chi connectivity index (χ2n) is 7.68. The van der Waals surface area contributed by atoms with Crippen LogP contribution in [0.25, 0.3) is 0 Å². The number of benzene rings is 3. The lowest BCUT2D eigenvalue weighted by atomic mass is 10.0. The first-order chi connectivity index (χ1) is 16.5. The van der Waals surface area contributed by atoms with Crippen LogP contribution in [0.15, 0.2) is 78.9 Å². The number of nitrogens with zero attached hydrogens (tertiary/aromatic N) is 2. The summed E-state index contributed by atoms with van der Waals surface area (Å²) < 4.78 is 0. The number of amides is 4. The Morgan fingerprint density at radius 1 is 0.824 bits per heavy atom. The molecular weight excluding hydrogens is 432 g/mol. The maximum absolute atomic E-state index is 13.4. The van der Waals surface area contributed by atoms with Crippen LogP contribution >= 0.6 is 0 Å². The Kier molecular flexibility index (Phi) is 6.46. The fourth-order valence-electron chi connectivity index (χ4n) is 3.81. The average molecular weight is 452 g/mol. The molecule has 1 aliphatic heterocycles. The van der Waals surface area contributed by atoms with Gasteiger partial charge in [0.1, 0.15) is 12.5 Å². The number of nitrogens with one attached hydrogen (secondary N) is 2. The Labute approximate surface area is 195 Å². The summed E-state index contributed by atoms with van der Waals surface area (Å²) in [5, 5.41) is 14.0. The van der Waals surface area contributed by atoms with Crippen molar-refractivity contribution in [3.63, 3.8) is 0 Å². The van der Waals surface area contributed by atoms with Gasteiger partial charge in [0.15, 0.2) is 0 Å². The van der Waals surface area contributed by atoms with Crippen LogP contribution in [0.2, 0.25) is 0 Å². The van der Waals surface area contributed by atoms with E-state index in [-0.39, 0.29) is 24.0 Å². The van der Waals surface area contributed by atoms with Gasteiger partial charge in [-0.05, 0) is 35.9 Å². The van der Waals surface area contributed by atoms with Crippen LogP contribution in [-0.2, 0) is 16.0 Å². The molecule has 34 heavy (non-hydrogen) atoms. The van der Waals surface area contributed by atoms with E-state index in [1.54, 1.807) is 48.5 Å². The minimum Gasteiger partial charge on any atom is -0.325 e. The van der Waals surface area contributed by atoms with Crippen molar-refractivity contribution in [1.82, 2.24) is 4.90 Å². The summed E-state index contributed by atoms with van der Waals surface area (Å²) in [6, 6.07) is 22.7. The third-order valence-electron chi connectivity index (χ3n) is 5.37. The van der Waals surface area contributed by atoms with Crippen molar-refractivity contribution in [2.45, 2.75) is 18.9 Å². The molecule has 3 aromatic rings. The van der Waals surface area contributed by atoms with Gasteiger partial charge < -0.3 is 10.6 Å². The van der Waals surface area contributed by atoms with Crippen molar-refractivity contribution in [3.05, 3.63) is 95.6 Å². The summed E-state index contributed by atoms with van der Waals surface area (Å²) in [5.41, 5.74) is 2.09. The maximum Gasteiger partial charge on any atom is 0.262 e. The Bertz CT molecular complexity index is 1280. The quantitative estimate of drug-likeness (QED) is 0.533. The van der Waals surface area contributed by atoms with Crippen molar-refractivity contribution >= 4 is 35.0 Å². The predicted octanol–water partition coefficient (Wildman–Crippen LogP) is 3.38. The lowest BCUT2D eigenvalue weighted by Crippen LogP contribution is -2.48. The zero-order valence-corrected chi connectivity index (χ0v) is 18.0. The van der Waals surface area contributed by atoms with E-state index < -0.39 is 29.7 Å². The van der Waals surface area contributed by atoms with Crippen LogP contribution in [0, 0.1) is 11.3 Å². The van der Waals surface area contributed by atoms with Crippen molar-refractivity contribution < 1.29 is 19.2 Å². The van der Waals surface area contributed by atoms with Crippen LogP contribution in [0.3, 0.4) is 0 Å². The van der Waals surface area contributed by atoms with Crippen molar-refractivity contribution in [1.29, 1.82) is 5.26 Å². The molecule has 8 heteroatoms. The Hall–Kier alpha value is -4.77. The highest BCUT2D eigenvalue weighted by atomic mass is 16.2. The Balaban J connectivity index is 1.61. The molecule has 0 spiro atoms. The SMILES string of the molecule is N#CCC(=O)Nc1cccc(NC(=O)C(Cc2ccccc2)N2C(=O)c3ccccc3C2=O)c1. The highest BCUT2D eigenvalue weighted by molar-refractivity contribution is 6.23. The number of fused-ring (bicyclic) bond motifs is 1. The molecule has 0 saturated heterocycles. The number of imide groups is 1.